The Hall–Kier alpha value is -2.54. The zero-order chi connectivity index (χ0) is 15.1. The first-order valence-corrected chi connectivity index (χ1v) is 7.00. The summed E-state index contributed by atoms with van der Waals surface area (Å²) in [5.74, 6) is 2.56. The first-order valence-electron chi connectivity index (χ1n) is 7.00. The van der Waals surface area contributed by atoms with Gasteiger partial charge in [0.2, 0.25) is 0 Å². The van der Waals surface area contributed by atoms with Gasteiger partial charge in [-0.05, 0) is 18.4 Å². The predicted molar refractivity (Wildman–Crippen MR) is 83.2 cm³/mol. The summed E-state index contributed by atoms with van der Waals surface area (Å²) in [5, 5.41) is 0. The number of terminal acetylenes is 1. The van der Waals surface area contributed by atoms with Gasteiger partial charge < -0.3 is 0 Å². The highest BCUT2D eigenvalue weighted by molar-refractivity contribution is 5.15. The van der Waals surface area contributed by atoms with Crippen LogP contribution in [0.1, 0.15) is 24.8 Å². The molecule has 0 saturated heterocycles. The van der Waals surface area contributed by atoms with Crippen molar-refractivity contribution in [1.29, 1.82) is 0 Å². The minimum atomic E-state index is -0.271. The minimum absolute atomic E-state index is 0.259. The summed E-state index contributed by atoms with van der Waals surface area (Å²) in [7, 11) is 0. The van der Waals surface area contributed by atoms with Crippen molar-refractivity contribution in [2.45, 2.75) is 32.4 Å². The van der Waals surface area contributed by atoms with E-state index >= 15 is 0 Å². The maximum absolute atomic E-state index is 12.3. The molecule has 1 aromatic heterocycles. The second kappa shape index (κ2) is 7.30. The summed E-state index contributed by atoms with van der Waals surface area (Å²) in [6.45, 7) is 0.874. The van der Waals surface area contributed by atoms with Gasteiger partial charge in [-0.25, -0.2) is 4.79 Å². The highest BCUT2D eigenvalue weighted by atomic mass is 16.2. The van der Waals surface area contributed by atoms with Crippen LogP contribution in [0.4, 0.5) is 0 Å². The van der Waals surface area contributed by atoms with E-state index in [2.05, 4.69) is 5.92 Å². The molecule has 2 aromatic rings. The lowest BCUT2D eigenvalue weighted by Gasteiger charge is -2.09. The first kappa shape index (κ1) is 14.9. The molecule has 0 aliphatic carbocycles. The van der Waals surface area contributed by atoms with Crippen LogP contribution in [0.15, 0.2) is 52.2 Å². The largest absolute Gasteiger partial charge is 0.331 e. The van der Waals surface area contributed by atoms with E-state index in [9.17, 15) is 9.59 Å². The number of aromatic nitrogens is 2. The molecule has 0 amide bonds. The third kappa shape index (κ3) is 3.96. The van der Waals surface area contributed by atoms with Gasteiger partial charge in [-0.1, -0.05) is 30.3 Å². The van der Waals surface area contributed by atoms with Crippen molar-refractivity contribution in [3.8, 4) is 12.3 Å². The van der Waals surface area contributed by atoms with Crippen molar-refractivity contribution in [1.82, 2.24) is 9.13 Å². The Morgan fingerprint density at radius 2 is 1.81 bits per heavy atom. The maximum Gasteiger partial charge on any atom is 0.331 e. The van der Waals surface area contributed by atoms with Crippen molar-refractivity contribution in [3.63, 3.8) is 0 Å². The number of unbranched alkanes of at least 4 members (excludes halogenated alkanes) is 2. The molecule has 0 aliphatic rings. The van der Waals surface area contributed by atoms with Gasteiger partial charge in [-0.15, -0.1) is 12.3 Å². The second-order valence-electron chi connectivity index (χ2n) is 4.86. The van der Waals surface area contributed by atoms with Crippen molar-refractivity contribution >= 4 is 0 Å². The third-order valence-corrected chi connectivity index (χ3v) is 3.29. The molecule has 108 valence electrons. The van der Waals surface area contributed by atoms with Crippen molar-refractivity contribution in [3.05, 3.63) is 69.0 Å². The SMILES string of the molecule is C#CCCCCn1c(=O)ccn(Cc2ccccc2)c1=O. The van der Waals surface area contributed by atoms with E-state index < -0.39 is 0 Å². The molecule has 0 fully saturated rings. The number of benzene rings is 1. The van der Waals surface area contributed by atoms with Crippen LogP contribution in [-0.2, 0) is 13.1 Å². The van der Waals surface area contributed by atoms with Gasteiger partial charge in [0, 0.05) is 25.2 Å². The summed E-state index contributed by atoms with van der Waals surface area (Å²) < 4.78 is 2.83. The van der Waals surface area contributed by atoms with Crippen molar-refractivity contribution in [2.24, 2.45) is 0 Å². The van der Waals surface area contributed by atoms with E-state index in [1.54, 1.807) is 10.8 Å². The van der Waals surface area contributed by atoms with Crippen LogP contribution in [-0.4, -0.2) is 9.13 Å². The molecular weight excluding hydrogens is 264 g/mol. The van der Waals surface area contributed by atoms with Crippen LogP contribution in [0.3, 0.4) is 0 Å². The van der Waals surface area contributed by atoms with Gasteiger partial charge in [-0.2, -0.15) is 0 Å². The normalized spacial score (nSPS) is 10.2. The smallest absolute Gasteiger partial charge is 0.296 e. The third-order valence-electron chi connectivity index (χ3n) is 3.29. The van der Waals surface area contributed by atoms with Crippen LogP contribution < -0.4 is 11.2 Å². The number of hydrogen-bond acceptors (Lipinski definition) is 2. The standard InChI is InChI=1S/C17H18N2O2/c1-2-3-4-8-12-19-16(20)11-13-18(17(19)21)14-15-9-6-5-7-10-15/h1,5-7,9-11,13H,3-4,8,12,14H2. The van der Waals surface area contributed by atoms with Crippen molar-refractivity contribution < 1.29 is 0 Å². The molecule has 4 heteroatoms. The van der Waals surface area contributed by atoms with E-state index in [1.165, 1.54) is 10.6 Å². The van der Waals surface area contributed by atoms with Gasteiger partial charge in [-0.3, -0.25) is 13.9 Å². The lowest BCUT2D eigenvalue weighted by Crippen LogP contribution is -2.39. The number of nitrogens with zero attached hydrogens (tertiary/aromatic N) is 2. The van der Waals surface area contributed by atoms with E-state index in [4.69, 9.17) is 6.42 Å². The van der Waals surface area contributed by atoms with Gasteiger partial charge >= 0.3 is 5.69 Å². The lowest BCUT2D eigenvalue weighted by atomic mass is 10.2. The van der Waals surface area contributed by atoms with E-state index in [-0.39, 0.29) is 11.2 Å². The van der Waals surface area contributed by atoms with Crippen LogP contribution in [0, 0.1) is 12.3 Å². The fourth-order valence-corrected chi connectivity index (χ4v) is 2.16. The molecule has 0 bridgehead atoms. The molecule has 21 heavy (non-hydrogen) atoms. The number of hydrogen-bond donors (Lipinski definition) is 0. The van der Waals surface area contributed by atoms with Crippen LogP contribution in [0.2, 0.25) is 0 Å². The van der Waals surface area contributed by atoms with Gasteiger partial charge in [0.15, 0.2) is 0 Å². The molecule has 0 aliphatic heterocycles. The summed E-state index contributed by atoms with van der Waals surface area (Å²) in [6.07, 6.45) is 8.96. The topological polar surface area (TPSA) is 44.0 Å². The molecule has 0 spiro atoms. The average molecular weight is 282 g/mol. The van der Waals surface area contributed by atoms with E-state index in [1.807, 2.05) is 30.3 Å². The summed E-state index contributed by atoms with van der Waals surface area (Å²) in [5.41, 5.74) is 0.495. The Morgan fingerprint density at radius 1 is 1.05 bits per heavy atom. The van der Waals surface area contributed by atoms with Gasteiger partial charge in [0.05, 0.1) is 6.54 Å². The number of rotatable bonds is 6. The Labute approximate surface area is 123 Å². The quantitative estimate of drug-likeness (QED) is 0.599. The highest BCUT2D eigenvalue weighted by Gasteiger charge is 2.05. The Morgan fingerprint density at radius 3 is 2.52 bits per heavy atom. The van der Waals surface area contributed by atoms with Crippen molar-refractivity contribution in [2.75, 3.05) is 0 Å². The molecule has 1 heterocycles. The molecule has 0 atom stereocenters. The first-order chi connectivity index (χ1) is 10.2. The molecule has 0 radical (unpaired) electrons. The van der Waals surface area contributed by atoms with E-state index in [0.717, 1.165) is 18.4 Å². The monoisotopic (exact) mass is 282 g/mol. The summed E-state index contributed by atoms with van der Waals surface area (Å²) >= 11 is 0. The summed E-state index contributed by atoms with van der Waals surface area (Å²) in [6, 6.07) is 11.1. The van der Waals surface area contributed by atoms with Crippen LogP contribution in [0.25, 0.3) is 0 Å². The van der Waals surface area contributed by atoms with Gasteiger partial charge in [0.25, 0.3) is 5.56 Å². The molecule has 4 nitrogen and oxygen atoms in total. The molecular formula is C17H18N2O2. The lowest BCUT2D eigenvalue weighted by molar-refractivity contribution is 0.539. The van der Waals surface area contributed by atoms with E-state index in [0.29, 0.717) is 19.5 Å². The fraction of sp³-hybridized carbons (Fsp3) is 0.294. The molecule has 2 rings (SSSR count). The fourth-order valence-electron chi connectivity index (χ4n) is 2.16. The zero-order valence-electron chi connectivity index (χ0n) is 11.9. The minimum Gasteiger partial charge on any atom is -0.296 e. The molecule has 1 aromatic carbocycles. The molecule has 0 N–H and O–H groups in total. The average Bonchev–Trinajstić information content (AvgIpc) is 2.50. The Bertz CT molecular complexity index is 736. The highest BCUT2D eigenvalue weighted by Crippen LogP contribution is 2.00. The molecule has 0 unspecified atom stereocenters. The van der Waals surface area contributed by atoms with Crippen LogP contribution >= 0.6 is 0 Å². The second-order valence-corrected chi connectivity index (χ2v) is 4.86. The predicted octanol–water partition coefficient (Wildman–Crippen LogP) is 1.86. The summed E-state index contributed by atoms with van der Waals surface area (Å²) in [4.78, 5) is 24.2. The maximum atomic E-state index is 12.3. The Kier molecular flexibility index (Phi) is 5.16. The van der Waals surface area contributed by atoms with Gasteiger partial charge in [0.1, 0.15) is 0 Å². The van der Waals surface area contributed by atoms with Crippen LogP contribution in [0.5, 0.6) is 0 Å². The zero-order valence-corrected chi connectivity index (χ0v) is 11.9. The Balaban J connectivity index is 2.19. The molecule has 0 saturated carbocycles.